The van der Waals surface area contributed by atoms with Gasteiger partial charge in [0.05, 0.1) is 16.6 Å². The third kappa shape index (κ3) is 3.29. The highest BCUT2D eigenvalue weighted by Crippen LogP contribution is 2.29. The van der Waals surface area contributed by atoms with Gasteiger partial charge in [0, 0.05) is 10.6 Å². The summed E-state index contributed by atoms with van der Waals surface area (Å²) in [5.41, 5.74) is 1.40. The Labute approximate surface area is 121 Å². The van der Waals surface area contributed by atoms with Crippen molar-refractivity contribution in [3.05, 3.63) is 45.2 Å². The van der Waals surface area contributed by atoms with Gasteiger partial charge in [-0.15, -0.1) is 5.10 Å². The van der Waals surface area contributed by atoms with E-state index in [1.807, 2.05) is 6.92 Å². The molecule has 0 aliphatic heterocycles. The number of hydrogen-bond acceptors (Lipinski definition) is 4. The summed E-state index contributed by atoms with van der Waals surface area (Å²) < 4.78 is 18.0. The summed E-state index contributed by atoms with van der Waals surface area (Å²) in [7, 11) is 0. The van der Waals surface area contributed by atoms with Crippen molar-refractivity contribution in [1.29, 1.82) is 0 Å². The largest absolute Gasteiger partial charge is 0.305 e. The molecular weight excluding hydrogens is 285 g/mol. The highest BCUT2D eigenvalue weighted by molar-refractivity contribution is 7.05. The number of rotatable bonds is 5. The number of aryl methyl sites for hydroxylation is 1. The lowest BCUT2D eigenvalue weighted by Gasteiger charge is -2.18. The van der Waals surface area contributed by atoms with E-state index in [0.717, 1.165) is 23.5 Å². The minimum atomic E-state index is -0.311. The highest BCUT2D eigenvalue weighted by Gasteiger charge is 2.21. The van der Waals surface area contributed by atoms with Crippen molar-refractivity contribution in [1.82, 2.24) is 14.9 Å². The van der Waals surface area contributed by atoms with E-state index in [-0.39, 0.29) is 11.9 Å². The van der Waals surface area contributed by atoms with Crippen LogP contribution < -0.4 is 5.32 Å². The van der Waals surface area contributed by atoms with Crippen molar-refractivity contribution in [3.8, 4) is 0 Å². The van der Waals surface area contributed by atoms with Crippen LogP contribution in [-0.4, -0.2) is 16.1 Å². The molecule has 1 atom stereocenters. The van der Waals surface area contributed by atoms with Crippen molar-refractivity contribution in [2.75, 3.05) is 6.54 Å². The van der Waals surface area contributed by atoms with Gasteiger partial charge in [0.2, 0.25) is 0 Å². The molecule has 0 saturated carbocycles. The monoisotopic (exact) mass is 299 g/mol. The van der Waals surface area contributed by atoms with Gasteiger partial charge in [-0.2, -0.15) is 0 Å². The Morgan fingerprint density at radius 1 is 1.47 bits per heavy atom. The van der Waals surface area contributed by atoms with Gasteiger partial charge >= 0.3 is 0 Å². The molecule has 1 N–H and O–H groups in total. The molecule has 102 valence electrons. The molecule has 6 heteroatoms. The Hall–Kier alpha value is -1.04. The average Bonchev–Trinajstić information content (AvgIpc) is 2.78. The van der Waals surface area contributed by atoms with Crippen LogP contribution in [-0.2, 0) is 0 Å². The molecule has 3 nitrogen and oxygen atoms in total. The molecule has 0 radical (unpaired) electrons. The van der Waals surface area contributed by atoms with Gasteiger partial charge < -0.3 is 5.32 Å². The third-order valence-corrected chi connectivity index (χ3v) is 3.95. The summed E-state index contributed by atoms with van der Waals surface area (Å²) in [6.07, 6.45) is 0.969. The Balaban J connectivity index is 2.40. The molecule has 1 heterocycles. The summed E-state index contributed by atoms with van der Waals surface area (Å²) in [6.45, 7) is 4.75. The molecule has 0 aliphatic rings. The van der Waals surface area contributed by atoms with Crippen LogP contribution in [0.1, 0.15) is 35.5 Å². The predicted octanol–water partition coefficient (Wildman–Crippen LogP) is 3.73. The summed E-state index contributed by atoms with van der Waals surface area (Å²) >= 11 is 7.09. The van der Waals surface area contributed by atoms with E-state index in [2.05, 4.69) is 21.8 Å². The molecule has 1 unspecified atom stereocenters. The van der Waals surface area contributed by atoms with Crippen molar-refractivity contribution in [2.45, 2.75) is 26.3 Å². The van der Waals surface area contributed by atoms with Crippen molar-refractivity contribution in [3.63, 3.8) is 0 Å². The maximum atomic E-state index is 14.1. The van der Waals surface area contributed by atoms with E-state index >= 15 is 0 Å². The fourth-order valence-electron chi connectivity index (χ4n) is 1.87. The molecule has 0 amide bonds. The molecule has 1 aromatic heterocycles. The highest BCUT2D eigenvalue weighted by atomic mass is 35.5. The number of hydrogen-bond donors (Lipinski definition) is 1. The Morgan fingerprint density at radius 3 is 2.84 bits per heavy atom. The van der Waals surface area contributed by atoms with Crippen LogP contribution in [0.4, 0.5) is 4.39 Å². The van der Waals surface area contributed by atoms with E-state index < -0.39 is 0 Å². The van der Waals surface area contributed by atoms with Gasteiger partial charge in [-0.25, -0.2) is 4.39 Å². The molecule has 2 rings (SSSR count). The topological polar surface area (TPSA) is 37.8 Å². The summed E-state index contributed by atoms with van der Waals surface area (Å²) in [5, 5.41) is 7.73. The maximum absolute atomic E-state index is 14.1. The second kappa shape index (κ2) is 6.41. The predicted molar refractivity (Wildman–Crippen MR) is 76.2 cm³/mol. The molecule has 19 heavy (non-hydrogen) atoms. The van der Waals surface area contributed by atoms with E-state index in [0.29, 0.717) is 10.6 Å². The fourth-order valence-corrected chi connectivity index (χ4v) is 2.77. The normalized spacial score (nSPS) is 12.6. The van der Waals surface area contributed by atoms with Crippen LogP contribution in [0.15, 0.2) is 18.2 Å². The summed E-state index contributed by atoms with van der Waals surface area (Å²) in [5.74, 6) is -0.311. The SMILES string of the molecule is CCCNC(c1ccc(Cl)cc1F)c1snnc1C. The zero-order valence-corrected chi connectivity index (χ0v) is 12.4. The number of aromatic nitrogens is 2. The van der Waals surface area contributed by atoms with E-state index in [9.17, 15) is 4.39 Å². The lowest BCUT2D eigenvalue weighted by molar-refractivity contribution is 0.549. The van der Waals surface area contributed by atoms with Crippen molar-refractivity contribution >= 4 is 23.1 Å². The van der Waals surface area contributed by atoms with Gasteiger partial charge in [-0.05, 0) is 43.6 Å². The van der Waals surface area contributed by atoms with Gasteiger partial charge in [0.15, 0.2) is 0 Å². The zero-order chi connectivity index (χ0) is 13.8. The molecule has 0 bridgehead atoms. The second-order valence-electron chi connectivity index (χ2n) is 4.28. The minimum Gasteiger partial charge on any atom is -0.305 e. The second-order valence-corrected chi connectivity index (χ2v) is 5.50. The first-order valence-electron chi connectivity index (χ1n) is 6.10. The van der Waals surface area contributed by atoms with Crippen LogP contribution in [0.25, 0.3) is 0 Å². The first-order valence-corrected chi connectivity index (χ1v) is 7.25. The lowest BCUT2D eigenvalue weighted by atomic mass is 10.0. The van der Waals surface area contributed by atoms with Gasteiger partial charge in [0.25, 0.3) is 0 Å². The van der Waals surface area contributed by atoms with E-state index in [1.165, 1.54) is 17.6 Å². The molecule has 0 saturated heterocycles. The van der Waals surface area contributed by atoms with Crippen LogP contribution in [0.5, 0.6) is 0 Å². The van der Waals surface area contributed by atoms with Crippen molar-refractivity contribution < 1.29 is 4.39 Å². The first-order chi connectivity index (χ1) is 9.13. The van der Waals surface area contributed by atoms with Crippen LogP contribution >= 0.6 is 23.1 Å². The Morgan fingerprint density at radius 2 is 2.26 bits per heavy atom. The molecule has 0 fully saturated rings. The lowest BCUT2D eigenvalue weighted by Crippen LogP contribution is -2.24. The van der Waals surface area contributed by atoms with E-state index in [4.69, 9.17) is 11.6 Å². The molecule has 1 aromatic carbocycles. The Kier molecular flexibility index (Phi) is 4.85. The van der Waals surface area contributed by atoms with Crippen molar-refractivity contribution in [2.24, 2.45) is 0 Å². The summed E-state index contributed by atoms with van der Waals surface area (Å²) in [4.78, 5) is 0.940. The van der Waals surface area contributed by atoms with E-state index in [1.54, 1.807) is 12.1 Å². The van der Waals surface area contributed by atoms with Crippen LogP contribution in [0, 0.1) is 12.7 Å². The third-order valence-electron chi connectivity index (χ3n) is 2.82. The van der Waals surface area contributed by atoms with Crippen LogP contribution in [0.2, 0.25) is 5.02 Å². The number of halogens is 2. The molecule has 2 aromatic rings. The maximum Gasteiger partial charge on any atom is 0.129 e. The number of nitrogens with zero attached hydrogens (tertiary/aromatic N) is 2. The summed E-state index contributed by atoms with van der Waals surface area (Å²) in [6, 6.07) is 4.52. The standard InChI is InChI=1S/C13H15ClFN3S/c1-3-6-16-12(13-8(2)17-18-19-13)10-5-4-9(14)7-11(10)15/h4-5,7,12,16H,3,6H2,1-2H3. The Bertz CT molecular complexity index is 559. The van der Waals surface area contributed by atoms with Gasteiger partial charge in [-0.3, -0.25) is 0 Å². The fraction of sp³-hybridized carbons (Fsp3) is 0.385. The first kappa shape index (κ1) is 14.4. The van der Waals surface area contributed by atoms with Gasteiger partial charge in [0.1, 0.15) is 5.82 Å². The van der Waals surface area contributed by atoms with Crippen LogP contribution in [0.3, 0.4) is 0 Å². The number of benzene rings is 1. The average molecular weight is 300 g/mol. The van der Waals surface area contributed by atoms with Gasteiger partial charge in [-0.1, -0.05) is 29.1 Å². The molecule has 0 spiro atoms. The number of nitrogens with one attached hydrogen (secondary N) is 1. The molecular formula is C13H15ClFN3S. The zero-order valence-electron chi connectivity index (χ0n) is 10.8. The molecule has 0 aliphatic carbocycles. The quantitative estimate of drug-likeness (QED) is 0.914. The smallest absolute Gasteiger partial charge is 0.129 e. The minimum absolute atomic E-state index is 0.225.